The zero-order valence-electron chi connectivity index (χ0n) is 9.77. The van der Waals surface area contributed by atoms with Crippen molar-refractivity contribution in [1.29, 1.82) is 0 Å². The van der Waals surface area contributed by atoms with Crippen molar-refractivity contribution in [1.82, 2.24) is 10.2 Å². The lowest BCUT2D eigenvalue weighted by atomic mass is 10.2. The predicted octanol–water partition coefficient (Wildman–Crippen LogP) is 1.83. The Kier molecular flexibility index (Phi) is 3.65. The van der Waals surface area contributed by atoms with Gasteiger partial charge in [-0.15, -0.1) is 10.2 Å². The highest BCUT2D eigenvalue weighted by molar-refractivity contribution is 5.83. The molecule has 16 heavy (non-hydrogen) atoms. The standard InChI is InChI=1S/C10H15N3O3/c1-10(2,3)16-9(14)11-7-5-6-8(15-4)13-12-7/h5-6H,1-4H3,(H,11,12,14). The van der Waals surface area contributed by atoms with Crippen LogP contribution < -0.4 is 10.1 Å². The van der Waals surface area contributed by atoms with Gasteiger partial charge in [-0.3, -0.25) is 5.32 Å². The van der Waals surface area contributed by atoms with E-state index in [2.05, 4.69) is 15.5 Å². The first-order valence-corrected chi connectivity index (χ1v) is 4.78. The molecule has 1 rings (SSSR count). The molecule has 6 heteroatoms. The Hall–Kier alpha value is -1.85. The molecule has 0 unspecified atom stereocenters. The van der Waals surface area contributed by atoms with E-state index >= 15 is 0 Å². The summed E-state index contributed by atoms with van der Waals surface area (Å²) in [5, 5.41) is 9.90. The summed E-state index contributed by atoms with van der Waals surface area (Å²) in [6, 6.07) is 3.18. The average molecular weight is 225 g/mol. The summed E-state index contributed by atoms with van der Waals surface area (Å²) < 4.78 is 9.89. The Morgan fingerprint density at radius 2 is 2.00 bits per heavy atom. The summed E-state index contributed by atoms with van der Waals surface area (Å²) in [7, 11) is 1.49. The summed E-state index contributed by atoms with van der Waals surface area (Å²) in [5.74, 6) is 0.699. The maximum atomic E-state index is 11.4. The van der Waals surface area contributed by atoms with Gasteiger partial charge in [-0.1, -0.05) is 0 Å². The van der Waals surface area contributed by atoms with Crippen LogP contribution in [0.1, 0.15) is 20.8 Å². The first-order valence-electron chi connectivity index (χ1n) is 4.78. The highest BCUT2D eigenvalue weighted by Gasteiger charge is 2.16. The van der Waals surface area contributed by atoms with Gasteiger partial charge in [0.2, 0.25) is 5.88 Å². The van der Waals surface area contributed by atoms with E-state index in [1.165, 1.54) is 7.11 Å². The summed E-state index contributed by atoms with van der Waals surface area (Å²) in [6.45, 7) is 5.35. The summed E-state index contributed by atoms with van der Waals surface area (Å²) >= 11 is 0. The molecule has 1 aromatic heterocycles. The van der Waals surface area contributed by atoms with Crippen LogP contribution >= 0.6 is 0 Å². The molecule has 0 aliphatic rings. The molecule has 0 aromatic carbocycles. The quantitative estimate of drug-likeness (QED) is 0.831. The second-order valence-corrected chi connectivity index (χ2v) is 4.09. The van der Waals surface area contributed by atoms with E-state index in [1.807, 2.05) is 0 Å². The first kappa shape index (κ1) is 12.2. The monoisotopic (exact) mass is 225 g/mol. The van der Waals surface area contributed by atoms with Crippen LogP contribution in [-0.4, -0.2) is 29.0 Å². The van der Waals surface area contributed by atoms with Gasteiger partial charge in [0.1, 0.15) is 5.60 Å². The number of nitrogens with zero attached hydrogens (tertiary/aromatic N) is 2. The van der Waals surface area contributed by atoms with E-state index in [1.54, 1.807) is 32.9 Å². The smallest absolute Gasteiger partial charge is 0.413 e. The number of methoxy groups -OCH3 is 1. The highest BCUT2D eigenvalue weighted by Crippen LogP contribution is 2.11. The van der Waals surface area contributed by atoms with Gasteiger partial charge in [0.15, 0.2) is 5.82 Å². The number of amides is 1. The summed E-state index contributed by atoms with van der Waals surface area (Å²) in [4.78, 5) is 11.4. The van der Waals surface area contributed by atoms with E-state index in [-0.39, 0.29) is 0 Å². The molecule has 0 fully saturated rings. The Morgan fingerprint density at radius 3 is 2.44 bits per heavy atom. The van der Waals surface area contributed by atoms with Gasteiger partial charge in [0.05, 0.1) is 7.11 Å². The normalized spacial score (nSPS) is 10.8. The Morgan fingerprint density at radius 1 is 1.31 bits per heavy atom. The van der Waals surface area contributed by atoms with Crippen LogP contribution in [0.2, 0.25) is 0 Å². The van der Waals surface area contributed by atoms with Gasteiger partial charge in [-0.05, 0) is 26.8 Å². The van der Waals surface area contributed by atoms with E-state index < -0.39 is 11.7 Å². The minimum atomic E-state index is -0.563. The van der Waals surface area contributed by atoms with Crippen molar-refractivity contribution in [2.75, 3.05) is 12.4 Å². The molecule has 88 valence electrons. The van der Waals surface area contributed by atoms with Crippen LogP contribution in [0.4, 0.5) is 10.6 Å². The van der Waals surface area contributed by atoms with Crippen molar-refractivity contribution in [3.63, 3.8) is 0 Å². The lowest BCUT2D eigenvalue weighted by Crippen LogP contribution is -2.27. The molecule has 0 spiro atoms. The average Bonchev–Trinajstić information content (AvgIpc) is 2.16. The molecular formula is C10H15N3O3. The number of carbonyl (C=O) groups excluding carboxylic acids is 1. The third-order valence-corrected chi connectivity index (χ3v) is 1.48. The van der Waals surface area contributed by atoms with Crippen LogP contribution in [0.3, 0.4) is 0 Å². The van der Waals surface area contributed by atoms with Crippen LogP contribution in [-0.2, 0) is 4.74 Å². The van der Waals surface area contributed by atoms with Gasteiger partial charge >= 0.3 is 6.09 Å². The molecule has 0 atom stereocenters. The zero-order chi connectivity index (χ0) is 12.2. The molecule has 6 nitrogen and oxygen atoms in total. The molecule has 0 bridgehead atoms. The van der Waals surface area contributed by atoms with E-state index in [4.69, 9.17) is 9.47 Å². The van der Waals surface area contributed by atoms with E-state index in [9.17, 15) is 4.79 Å². The van der Waals surface area contributed by atoms with Gasteiger partial charge in [-0.2, -0.15) is 0 Å². The Labute approximate surface area is 94.0 Å². The molecule has 0 aliphatic heterocycles. The maximum Gasteiger partial charge on any atom is 0.413 e. The lowest BCUT2D eigenvalue weighted by molar-refractivity contribution is 0.0635. The SMILES string of the molecule is COc1ccc(NC(=O)OC(C)(C)C)nn1. The van der Waals surface area contributed by atoms with Crippen LogP contribution in [0, 0.1) is 0 Å². The number of rotatable bonds is 2. The topological polar surface area (TPSA) is 73.3 Å². The van der Waals surface area contributed by atoms with Crippen molar-refractivity contribution in [2.45, 2.75) is 26.4 Å². The van der Waals surface area contributed by atoms with Crippen molar-refractivity contribution in [2.24, 2.45) is 0 Å². The van der Waals surface area contributed by atoms with Gasteiger partial charge in [0, 0.05) is 6.07 Å². The molecule has 1 aromatic rings. The second-order valence-electron chi connectivity index (χ2n) is 4.09. The van der Waals surface area contributed by atoms with Crippen molar-refractivity contribution in [3.05, 3.63) is 12.1 Å². The zero-order valence-corrected chi connectivity index (χ0v) is 9.77. The lowest BCUT2D eigenvalue weighted by Gasteiger charge is -2.19. The number of anilines is 1. The molecule has 0 saturated carbocycles. The Bertz CT molecular complexity index is 357. The highest BCUT2D eigenvalue weighted by atomic mass is 16.6. The molecule has 1 N–H and O–H groups in total. The second kappa shape index (κ2) is 4.78. The van der Waals surface area contributed by atoms with E-state index in [0.29, 0.717) is 11.7 Å². The fourth-order valence-corrected chi connectivity index (χ4v) is 0.904. The summed E-state index contributed by atoms with van der Waals surface area (Å²) in [6.07, 6.45) is -0.563. The molecule has 1 amide bonds. The van der Waals surface area contributed by atoms with Crippen LogP contribution in [0.5, 0.6) is 5.88 Å². The molecule has 0 aliphatic carbocycles. The number of carbonyl (C=O) groups is 1. The van der Waals surface area contributed by atoms with Gasteiger partial charge in [-0.25, -0.2) is 4.79 Å². The molecule has 0 saturated heterocycles. The molecule has 0 radical (unpaired) electrons. The summed E-state index contributed by atoms with van der Waals surface area (Å²) in [5.41, 5.74) is -0.538. The number of nitrogens with one attached hydrogen (secondary N) is 1. The number of aromatic nitrogens is 2. The first-order chi connectivity index (χ1) is 7.40. The third kappa shape index (κ3) is 4.12. The predicted molar refractivity (Wildman–Crippen MR) is 58.4 cm³/mol. The van der Waals surface area contributed by atoms with Crippen molar-refractivity contribution < 1.29 is 14.3 Å². The van der Waals surface area contributed by atoms with Crippen LogP contribution in [0.15, 0.2) is 12.1 Å². The molecule has 1 heterocycles. The number of hydrogen-bond donors (Lipinski definition) is 1. The van der Waals surface area contributed by atoms with E-state index in [0.717, 1.165) is 0 Å². The third-order valence-electron chi connectivity index (χ3n) is 1.48. The number of hydrogen-bond acceptors (Lipinski definition) is 5. The van der Waals surface area contributed by atoms with Crippen molar-refractivity contribution in [3.8, 4) is 5.88 Å². The van der Waals surface area contributed by atoms with Gasteiger partial charge in [0.25, 0.3) is 0 Å². The largest absolute Gasteiger partial charge is 0.480 e. The van der Waals surface area contributed by atoms with Crippen LogP contribution in [0.25, 0.3) is 0 Å². The van der Waals surface area contributed by atoms with Gasteiger partial charge < -0.3 is 9.47 Å². The maximum absolute atomic E-state index is 11.4. The minimum Gasteiger partial charge on any atom is -0.480 e. The fraction of sp³-hybridized carbons (Fsp3) is 0.500. The Balaban J connectivity index is 2.56. The minimum absolute atomic E-state index is 0.315. The molecular weight excluding hydrogens is 210 g/mol. The fourth-order valence-electron chi connectivity index (χ4n) is 0.904. The van der Waals surface area contributed by atoms with Crippen molar-refractivity contribution >= 4 is 11.9 Å². The number of ether oxygens (including phenoxy) is 2.